The van der Waals surface area contributed by atoms with Gasteiger partial charge in [0.15, 0.2) is 11.0 Å². The van der Waals surface area contributed by atoms with Crippen LogP contribution in [-0.4, -0.2) is 56.4 Å². The Morgan fingerprint density at radius 3 is 2.23 bits per heavy atom. The normalized spacial score (nSPS) is 14.3. The summed E-state index contributed by atoms with van der Waals surface area (Å²) in [4.78, 5) is 27.3. The first-order valence-corrected chi connectivity index (χ1v) is 13.4. The first kappa shape index (κ1) is 25.0. The predicted molar refractivity (Wildman–Crippen MR) is 139 cm³/mol. The first-order chi connectivity index (χ1) is 17.1. The first-order valence-electron chi connectivity index (χ1n) is 12.4. The van der Waals surface area contributed by atoms with Crippen LogP contribution in [0.3, 0.4) is 0 Å². The number of nitrogens with zero attached hydrogens (tertiary/aromatic N) is 4. The zero-order valence-electron chi connectivity index (χ0n) is 20.4. The molecule has 1 aliphatic rings. The van der Waals surface area contributed by atoms with Gasteiger partial charge in [-0.2, -0.15) is 0 Å². The number of carbonyl (C=O) groups is 2. The summed E-state index contributed by atoms with van der Waals surface area (Å²) in [5.74, 6) is 1.34. The molecule has 1 aliphatic heterocycles. The minimum atomic E-state index is -0.0244. The Bertz CT molecular complexity index is 1110. The fourth-order valence-corrected chi connectivity index (χ4v) is 5.25. The largest absolute Gasteiger partial charge is 0.353 e. The van der Waals surface area contributed by atoms with Crippen molar-refractivity contribution in [1.29, 1.82) is 0 Å². The highest BCUT2D eigenvalue weighted by Crippen LogP contribution is 2.28. The summed E-state index contributed by atoms with van der Waals surface area (Å²) < 4.78 is 2.00. The van der Waals surface area contributed by atoms with Crippen LogP contribution in [0.2, 0.25) is 0 Å². The van der Waals surface area contributed by atoms with Crippen LogP contribution in [0.1, 0.15) is 39.5 Å². The number of thioether (sulfide) groups is 1. The Kier molecular flexibility index (Phi) is 8.58. The van der Waals surface area contributed by atoms with Crippen molar-refractivity contribution in [3.63, 3.8) is 0 Å². The highest BCUT2D eigenvalue weighted by atomic mass is 32.2. The number of hydrogen-bond donors (Lipinski definition) is 1. The van der Waals surface area contributed by atoms with Crippen LogP contribution < -0.4 is 5.32 Å². The second-order valence-electron chi connectivity index (χ2n) is 8.81. The summed E-state index contributed by atoms with van der Waals surface area (Å²) in [6, 6.07) is 20.0. The van der Waals surface area contributed by atoms with Gasteiger partial charge in [0.2, 0.25) is 11.8 Å². The van der Waals surface area contributed by atoms with Gasteiger partial charge < -0.3 is 10.2 Å². The standard InChI is InChI=1S/C27H33N5O2S/c1-3-20(4-2)26(34)31-17-15-22(16-18-31)28-24(33)19-35-27-30-29-25(21-11-7-5-8-12-21)32(27)23-13-9-6-10-14-23/h5-14,20,22H,3-4,15-19H2,1-2H3,(H,28,33). The van der Waals surface area contributed by atoms with Crippen LogP contribution in [0.15, 0.2) is 65.8 Å². The molecular formula is C27H33N5O2S. The average Bonchev–Trinajstić information content (AvgIpc) is 3.33. The van der Waals surface area contributed by atoms with Crippen LogP contribution in [0.4, 0.5) is 0 Å². The van der Waals surface area contributed by atoms with Gasteiger partial charge in [-0.3, -0.25) is 14.2 Å². The SMILES string of the molecule is CCC(CC)C(=O)N1CCC(NC(=O)CSc2nnc(-c3ccccc3)n2-c2ccccc2)CC1. The van der Waals surface area contributed by atoms with Gasteiger partial charge in [0.05, 0.1) is 5.75 Å². The smallest absolute Gasteiger partial charge is 0.230 e. The molecule has 184 valence electrons. The van der Waals surface area contributed by atoms with Crippen LogP contribution in [0.5, 0.6) is 0 Å². The topological polar surface area (TPSA) is 80.1 Å². The minimum absolute atomic E-state index is 0.0244. The van der Waals surface area contributed by atoms with E-state index in [1.54, 1.807) is 0 Å². The number of aromatic nitrogens is 3. The molecule has 0 saturated carbocycles. The van der Waals surface area contributed by atoms with Crippen molar-refractivity contribution < 1.29 is 9.59 Å². The van der Waals surface area contributed by atoms with Gasteiger partial charge in [-0.25, -0.2) is 0 Å². The summed E-state index contributed by atoms with van der Waals surface area (Å²) in [6.45, 7) is 5.54. The molecule has 0 atom stereocenters. The summed E-state index contributed by atoms with van der Waals surface area (Å²) in [5.41, 5.74) is 1.92. The minimum Gasteiger partial charge on any atom is -0.353 e. The fraction of sp³-hybridized carbons (Fsp3) is 0.407. The van der Waals surface area contributed by atoms with E-state index in [1.807, 2.05) is 70.1 Å². The van der Waals surface area contributed by atoms with Crippen LogP contribution >= 0.6 is 11.8 Å². The zero-order chi connectivity index (χ0) is 24.6. The molecule has 0 bridgehead atoms. The number of amides is 2. The Hall–Kier alpha value is -3.13. The Balaban J connectivity index is 1.37. The third kappa shape index (κ3) is 6.11. The number of piperidine rings is 1. The quantitative estimate of drug-likeness (QED) is 0.444. The molecule has 2 aromatic carbocycles. The molecule has 2 amide bonds. The Labute approximate surface area is 211 Å². The molecule has 0 spiro atoms. The van der Waals surface area contributed by atoms with Crippen molar-refractivity contribution in [1.82, 2.24) is 25.0 Å². The van der Waals surface area contributed by atoms with Gasteiger partial charge >= 0.3 is 0 Å². The van der Waals surface area contributed by atoms with Gasteiger partial charge in [0.1, 0.15) is 0 Å². The molecule has 0 radical (unpaired) electrons. The van der Waals surface area contributed by atoms with Crippen molar-refractivity contribution in [2.75, 3.05) is 18.8 Å². The van der Waals surface area contributed by atoms with Crippen LogP contribution in [0, 0.1) is 5.92 Å². The van der Waals surface area contributed by atoms with Gasteiger partial charge in [-0.1, -0.05) is 74.1 Å². The van der Waals surface area contributed by atoms with E-state index in [9.17, 15) is 9.59 Å². The van der Waals surface area contributed by atoms with Crippen molar-refractivity contribution >= 4 is 23.6 Å². The van der Waals surface area contributed by atoms with Gasteiger partial charge in [0, 0.05) is 36.3 Å². The Morgan fingerprint density at radius 1 is 0.971 bits per heavy atom. The second kappa shape index (κ2) is 12.0. The molecular weight excluding hydrogens is 458 g/mol. The summed E-state index contributed by atoms with van der Waals surface area (Å²) >= 11 is 1.38. The molecule has 1 N–H and O–H groups in total. The molecule has 35 heavy (non-hydrogen) atoms. The third-order valence-corrected chi connectivity index (χ3v) is 7.45. The lowest BCUT2D eigenvalue weighted by atomic mass is 9.98. The van der Waals surface area contributed by atoms with E-state index < -0.39 is 0 Å². The Morgan fingerprint density at radius 2 is 1.60 bits per heavy atom. The number of carbonyl (C=O) groups excluding carboxylic acids is 2. The lowest BCUT2D eigenvalue weighted by molar-refractivity contribution is -0.136. The molecule has 1 fully saturated rings. The van der Waals surface area contributed by atoms with Crippen molar-refractivity contribution in [2.45, 2.75) is 50.7 Å². The van der Waals surface area contributed by atoms with Crippen LogP contribution in [-0.2, 0) is 9.59 Å². The highest BCUT2D eigenvalue weighted by Gasteiger charge is 2.27. The molecule has 7 nitrogen and oxygen atoms in total. The number of nitrogens with one attached hydrogen (secondary N) is 1. The van der Waals surface area contributed by atoms with Gasteiger partial charge in [-0.15, -0.1) is 10.2 Å². The highest BCUT2D eigenvalue weighted by molar-refractivity contribution is 7.99. The van der Waals surface area contributed by atoms with E-state index in [-0.39, 0.29) is 29.5 Å². The second-order valence-corrected chi connectivity index (χ2v) is 9.75. The summed E-state index contributed by atoms with van der Waals surface area (Å²) in [5, 5.41) is 12.7. The average molecular weight is 492 g/mol. The molecule has 2 heterocycles. The molecule has 3 aromatic rings. The molecule has 1 aromatic heterocycles. The summed E-state index contributed by atoms with van der Waals surface area (Å²) in [7, 11) is 0. The molecule has 4 rings (SSSR count). The van der Waals surface area contributed by atoms with E-state index in [0.717, 1.165) is 42.8 Å². The number of hydrogen-bond acceptors (Lipinski definition) is 5. The molecule has 0 unspecified atom stereocenters. The predicted octanol–water partition coefficient (Wildman–Crippen LogP) is 4.57. The molecule has 8 heteroatoms. The monoisotopic (exact) mass is 491 g/mol. The van der Waals surface area contributed by atoms with E-state index in [4.69, 9.17) is 0 Å². The van der Waals surface area contributed by atoms with E-state index in [0.29, 0.717) is 18.2 Å². The number of para-hydroxylation sites is 1. The van der Waals surface area contributed by atoms with E-state index in [2.05, 4.69) is 29.4 Å². The zero-order valence-corrected chi connectivity index (χ0v) is 21.2. The number of benzene rings is 2. The lowest BCUT2D eigenvalue weighted by Crippen LogP contribution is -2.48. The van der Waals surface area contributed by atoms with E-state index in [1.165, 1.54) is 11.8 Å². The maximum Gasteiger partial charge on any atom is 0.230 e. The number of likely N-dealkylation sites (tertiary alicyclic amines) is 1. The van der Waals surface area contributed by atoms with Crippen molar-refractivity contribution in [3.05, 3.63) is 60.7 Å². The van der Waals surface area contributed by atoms with Crippen LogP contribution in [0.25, 0.3) is 17.1 Å². The molecule has 1 saturated heterocycles. The fourth-order valence-electron chi connectivity index (χ4n) is 4.49. The van der Waals surface area contributed by atoms with Crippen molar-refractivity contribution in [2.24, 2.45) is 5.92 Å². The van der Waals surface area contributed by atoms with E-state index >= 15 is 0 Å². The maximum absolute atomic E-state index is 12.8. The summed E-state index contributed by atoms with van der Waals surface area (Å²) in [6.07, 6.45) is 3.34. The maximum atomic E-state index is 12.8. The number of rotatable bonds is 9. The lowest BCUT2D eigenvalue weighted by Gasteiger charge is -2.34. The van der Waals surface area contributed by atoms with Crippen molar-refractivity contribution in [3.8, 4) is 17.1 Å². The third-order valence-electron chi connectivity index (χ3n) is 6.52. The van der Waals surface area contributed by atoms with Gasteiger partial charge in [-0.05, 0) is 37.8 Å². The molecule has 0 aliphatic carbocycles. The van der Waals surface area contributed by atoms with Gasteiger partial charge in [0.25, 0.3) is 0 Å².